The number of sulfonamides is 1. The lowest BCUT2D eigenvalue weighted by atomic mass is 9.98. The van der Waals surface area contributed by atoms with Crippen molar-refractivity contribution in [2.24, 2.45) is 0 Å². The molecule has 1 atom stereocenters. The molecule has 0 bridgehead atoms. The number of likely N-dealkylation sites (tertiary alicyclic amines) is 1. The Balaban J connectivity index is 1.52. The first-order valence-electron chi connectivity index (χ1n) is 11.9. The molecule has 0 saturated carbocycles. The quantitative estimate of drug-likeness (QED) is 0.462. The zero-order chi connectivity index (χ0) is 25.4. The lowest BCUT2D eigenvalue weighted by Gasteiger charge is -2.35. The second kappa shape index (κ2) is 10.0. The highest BCUT2D eigenvalue weighted by Gasteiger charge is 2.32. The van der Waals surface area contributed by atoms with Gasteiger partial charge in [-0.15, -0.1) is 0 Å². The molecule has 3 aromatic rings. The second-order valence-corrected chi connectivity index (χ2v) is 11.7. The van der Waals surface area contributed by atoms with Crippen molar-refractivity contribution in [2.75, 3.05) is 35.6 Å². The summed E-state index contributed by atoms with van der Waals surface area (Å²) in [6.07, 6.45) is 5.68. The van der Waals surface area contributed by atoms with E-state index >= 15 is 0 Å². The maximum Gasteiger partial charge on any atom is 0.256 e. The van der Waals surface area contributed by atoms with E-state index in [1.54, 1.807) is 21.5 Å². The van der Waals surface area contributed by atoms with Crippen molar-refractivity contribution in [3.63, 3.8) is 0 Å². The third-order valence-electron chi connectivity index (χ3n) is 6.40. The van der Waals surface area contributed by atoms with Crippen LogP contribution >= 0.6 is 23.2 Å². The highest BCUT2D eigenvalue weighted by molar-refractivity contribution is 7.92. The van der Waals surface area contributed by atoms with Gasteiger partial charge in [0, 0.05) is 36.8 Å². The molecule has 2 aliphatic heterocycles. The van der Waals surface area contributed by atoms with Crippen LogP contribution in [-0.2, 0) is 10.0 Å². The van der Waals surface area contributed by atoms with E-state index in [4.69, 9.17) is 28.3 Å². The number of piperidine rings is 1. The van der Waals surface area contributed by atoms with Gasteiger partial charge < -0.3 is 4.90 Å². The number of hydrazine groups is 1. The molecule has 0 spiro atoms. The molecule has 192 valence electrons. The van der Waals surface area contributed by atoms with Crippen molar-refractivity contribution in [1.29, 1.82) is 0 Å². The summed E-state index contributed by atoms with van der Waals surface area (Å²) in [5.41, 5.74) is 5.07. The summed E-state index contributed by atoms with van der Waals surface area (Å²) in [4.78, 5) is 20.0. The number of hydrogen-bond donors (Lipinski definition) is 2. The molecule has 2 fully saturated rings. The van der Waals surface area contributed by atoms with Gasteiger partial charge in [-0.3, -0.25) is 14.5 Å². The van der Waals surface area contributed by atoms with E-state index in [9.17, 15) is 13.2 Å². The molecule has 2 saturated heterocycles. The largest absolute Gasteiger partial charge is 0.330 e. The minimum Gasteiger partial charge on any atom is -0.330 e. The minimum atomic E-state index is -3.59. The highest BCUT2D eigenvalue weighted by Crippen LogP contribution is 2.35. The second-order valence-electron chi connectivity index (χ2n) is 9.12. The Hall–Kier alpha value is -2.60. The Morgan fingerprint density at radius 3 is 2.67 bits per heavy atom. The van der Waals surface area contributed by atoms with E-state index in [2.05, 4.69) is 15.1 Å². The Kier molecular flexibility index (Phi) is 6.99. The van der Waals surface area contributed by atoms with Gasteiger partial charge in [0.25, 0.3) is 5.91 Å². The molecule has 1 unspecified atom stereocenters. The average molecular weight is 552 g/mol. The molecule has 13 heteroatoms. The maximum absolute atomic E-state index is 13.8. The monoisotopic (exact) mass is 551 g/mol. The molecular formula is C23H27Cl2N7O3S. The summed E-state index contributed by atoms with van der Waals surface area (Å²) < 4.78 is 28.0. The number of rotatable bonds is 5. The SMILES string of the molecule is CS(=O)(=O)Nc1ccc(Cl)cc1C(=O)N1CCCCC1c1cc2nc(Cl)cc(N3CCCCN3)n2n1. The van der Waals surface area contributed by atoms with Crippen molar-refractivity contribution in [2.45, 2.75) is 38.1 Å². The van der Waals surface area contributed by atoms with Crippen LogP contribution in [0.1, 0.15) is 54.2 Å². The van der Waals surface area contributed by atoms with Crippen LogP contribution in [0.15, 0.2) is 30.3 Å². The molecule has 5 rings (SSSR count). The molecule has 10 nitrogen and oxygen atoms in total. The fourth-order valence-electron chi connectivity index (χ4n) is 4.80. The number of aromatic nitrogens is 3. The molecule has 0 aliphatic carbocycles. The van der Waals surface area contributed by atoms with Crippen LogP contribution in [0.3, 0.4) is 0 Å². The number of anilines is 2. The first-order chi connectivity index (χ1) is 17.2. The highest BCUT2D eigenvalue weighted by atomic mass is 35.5. The predicted molar refractivity (Wildman–Crippen MR) is 140 cm³/mol. The fraction of sp³-hybridized carbons (Fsp3) is 0.435. The Morgan fingerprint density at radius 1 is 1.11 bits per heavy atom. The predicted octanol–water partition coefficient (Wildman–Crippen LogP) is 3.88. The maximum atomic E-state index is 13.8. The summed E-state index contributed by atoms with van der Waals surface area (Å²) in [7, 11) is -3.59. The third kappa shape index (κ3) is 5.24. The Labute approximate surface area is 219 Å². The number of nitrogens with zero attached hydrogens (tertiary/aromatic N) is 5. The van der Waals surface area contributed by atoms with Crippen LogP contribution < -0.4 is 15.2 Å². The average Bonchev–Trinajstić information content (AvgIpc) is 3.28. The van der Waals surface area contributed by atoms with Gasteiger partial charge in [-0.1, -0.05) is 23.2 Å². The van der Waals surface area contributed by atoms with Crippen molar-refractivity contribution in [3.05, 3.63) is 51.8 Å². The Bertz CT molecular complexity index is 1410. The topological polar surface area (TPSA) is 112 Å². The lowest BCUT2D eigenvalue weighted by Crippen LogP contribution is -2.44. The number of fused-ring (bicyclic) bond motifs is 1. The van der Waals surface area contributed by atoms with E-state index in [1.807, 2.05) is 11.1 Å². The van der Waals surface area contributed by atoms with Crippen LogP contribution in [0.5, 0.6) is 0 Å². The van der Waals surface area contributed by atoms with Crippen molar-refractivity contribution in [3.8, 4) is 0 Å². The molecule has 2 aromatic heterocycles. The van der Waals surface area contributed by atoms with Crippen LogP contribution in [0, 0.1) is 0 Å². The number of nitrogens with one attached hydrogen (secondary N) is 2. The van der Waals surface area contributed by atoms with Gasteiger partial charge in [-0.2, -0.15) is 9.61 Å². The van der Waals surface area contributed by atoms with Gasteiger partial charge in [0.05, 0.1) is 29.2 Å². The number of carbonyl (C=O) groups excluding carboxylic acids is 1. The smallest absolute Gasteiger partial charge is 0.256 e. The number of carbonyl (C=O) groups is 1. The van der Waals surface area contributed by atoms with E-state index < -0.39 is 10.0 Å². The molecule has 4 heterocycles. The third-order valence-corrected chi connectivity index (χ3v) is 7.42. The molecule has 1 amide bonds. The van der Waals surface area contributed by atoms with Crippen molar-refractivity contribution < 1.29 is 13.2 Å². The summed E-state index contributed by atoms with van der Waals surface area (Å²) in [5, 5.41) is 7.60. The molecule has 2 aliphatic rings. The number of amides is 1. The van der Waals surface area contributed by atoms with Gasteiger partial charge in [-0.05, 0) is 50.3 Å². The number of halogens is 2. The fourth-order valence-corrected chi connectivity index (χ4v) is 5.74. The van der Waals surface area contributed by atoms with Crippen molar-refractivity contribution >= 4 is 56.3 Å². The first kappa shape index (κ1) is 25.1. The summed E-state index contributed by atoms with van der Waals surface area (Å²) in [6.45, 7) is 2.20. The zero-order valence-electron chi connectivity index (χ0n) is 19.7. The Morgan fingerprint density at radius 2 is 1.92 bits per heavy atom. The normalized spacial score (nSPS) is 19.0. The van der Waals surface area contributed by atoms with Gasteiger partial charge in [0.2, 0.25) is 10.0 Å². The van der Waals surface area contributed by atoms with E-state index in [0.29, 0.717) is 28.1 Å². The van der Waals surface area contributed by atoms with Crippen molar-refractivity contribution in [1.82, 2.24) is 24.9 Å². The van der Waals surface area contributed by atoms with Crippen LogP contribution in [0.4, 0.5) is 11.5 Å². The summed E-state index contributed by atoms with van der Waals surface area (Å²) >= 11 is 12.5. The summed E-state index contributed by atoms with van der Waals surface area (Å²) in [6, 6.07) is 7.89. The van der Waals surface area contributed by atoms with Gasteiger partial charge in [0.15, 0.2) is 5.65 Å². The molecule has 36 heavy (non-hydrogen) atoms. The standard InChI is InChI=1S/C23H27Cl2N7O3S/c1-36(34,35)29-17-8-7-15(24)12-16(17)23(33)30-10-4-2-6-19(30)18-13-21-27-20(25)14-22(32(21)28-18)31-11-5-3-9-26-31/h7-8,12-14,19,26,29H,2-6,9-11H2,1H3. The van der Waals surface area contributed by atoms with E-state index in [-0.39, 0.29) is 23.2 Å². The minimum absolute atomic E-state index is 0.193. The van der Waals surface area contributed by atoms with Crippen LogP contribution in [0.25, 0.3) is 5.65 Å². The summed E-state index contributed by atoms with van der Waals surface area (Å²) in [5.74, 6) is 0.480. The van der Waals surface area contributed by atoms with Gasteiger partial charge in [-0.25, -0.2) is 18.8 Å². The van der Waals surface area contributed by atoms with Crippen LogP contribution in [0.2, 0.25) is 10.2 Å². The first-order valence-corrected chi connectivity index (χ1v) is 14.5. The van der Waals surface area contributed by atoms with Gasteiger partial charge >= 0.3 is 0 Å². The van der Waals surface area contributed by atoms with E-state index in [0.717, 1.165) is 57.3 Å². The molecule has 1 aromatic carbocycles. The number of hydrogen-bond acceptors (Lipinski definition) is 7. The van der Waals surface area contributed by atoms with Crippen LogP contribution in [-0.4, -0.2) is 59.7 Å². The lowest BCUT2D eigenvalue weighted by molar-refractivity contribution is 0.0607. The van der Waals surface area contributed by atoms with E-state index in [1.165, 1.54) is 12.1 Å². The van der Waals surface area contributed by atoms with Gasteiger partial charge in [0.1, 0.15) is 11.0 Å². The number of benzene rings is 1. The molecule has 0 radical (unpaired) electrons. The molecule has 2 N–H and O–H groups in total. The zero-order valence-corrected chi connectivity index (χ0v) is 22.1. The molecular weight excluding hydrogens is 525 g/mol.